The number of anilines is 3. The molecular formula is C78H87Cl4N15O7S3. The zero-order chi connectivity index (χ0) is 74.9. The molecule has 3 atom stereocenters. The molecule has 3 aromatic carbocycles. The SMILES string of the molecule is CC(C)(C)OC(=O)N[C@@H]1c2ccccc2CC12CCN(c1cnc(Sc3cc[nH]c(=O)c3Cl)cn1)CC2.Cl.Cn1ccc(Sc2cnc(N3CCC4(CC3)Cc3ccccc3[C@H]4N)cn2)c(Cl)c1=O.Cn1ccc(Sc2cnc(N3CCC4(CC3)Cc3ccccc3[C@H]4NC(=O)OC(C)(C)C)cn2)c(Cl)c1=O. The third-order valence-electron chi connectivity index (χ3n) is 20.9. The first-order valence-corrected chi connectivity index (χ1v) is 39.0. The molecule has 107 heavy (non-hydrogen) atoms. The number of rotatable bonds is 11. The van der Waals surface area contributed by atoms with Gasteiger partial charge in [0, 0.05) is 104 Å². The van der Waals surface area contributed by atoms with Crippen LogP contribution in [0.2, 0.25) is 15.1 Å². The lowest BCUT2D eigenvalue weighted by Crippen LogP contribution is -2.47. The van der Waals surface area contributed by atoms with E-state index in [1.165, 1.54) is 77.8 Å². The molecule has 9 heterocycles. The number of carbonyl (C=O) groups excluding carboxylic acids is 2. The van der Waals surface area contributed by atoms with Crippen LogP contribution in [-0.4, -0.2) is 107 Å². The standard InChI is InChI=1S/C28H32ClN5O3S.C27H30ClN5O3S.C23H24ClN5OS.ClH/c1-27(2,3)37-26(36)32-24-19-8-6-5-7-18(19)15-28(24)10-13-34(14-11-28)21-16-31-22(17-30-21)38-20-9-12-33(4)25(35)23(20)29;1-26(2,3)36-25(35)32-23-18-7-5-4-6-17(18)14-27(23)9-12-33(13-10-27)20-15-31-21(16-30-20)37-19-8-11-29-24(34)22(19)28;1-28-9-6-17(20(24)22(28)30)31-19-14-26-18(13-27-19)29-10-7-23(8-11-29)12-15-4-2-3-5-16(15)21(23)25;/h5-9,12,16-17,24H,10-11,13-15H2,1-4H3,(H,32,36);4-8,11,15-16,23H,9-10,12-14H2,1-3H3,(H,29,34)(H,32,35);2-6,9,13-14,21H,7-8,10-12,25H2,1H3;1H/t24-;23-;21-;/m111./s1. The summed E-state index contributed by atoms with van der Waals surface area (Å²) < 4.78 is 14.1. The molecular weight excluding hydrogens is 1500 g/mol. The number of nitrogens with two attached hydrogens (primary N) is 1. The molecule has 9 aromatic rings. The Morgan fingerprint density at radius 1 is 0.486 bits per heavy atom. The number of aryl methyl sites for hydroxylation is 2. The molecule has 0 saturated carbocycles. The molecule has 6 aromatic heterocycles. The summed E-state index contributed by atoms with van der Waals surface area (Å²) in [5.74, 6) is 2.49. The van der Waals surface area contributed by atoms with Gasteiger partial charge in [-0.25, -0.2) is 39.5 Å². The minimum Gasteiger partial charge on any atom is -0.444 e. The number of benzene rings is 3. The van der Waals surface area contributed by atoms with Crippen molar-refractivity contribution < 1.29 is 19.1 Å². The fourth-order valence-electron chi connectivity index (χ4n) is 15.4. The van der Waals surface area contributed by atoms with E-state index < -0.39 is 11.2 Å². The zero-order valence-corrected chi connectivity index (χ0v) is 66.4. The third-order valence-corrected chi connectivity index (χ3v) is 25.3. The van der Waals surface area contributed by atoms with E-state index in [1.54, 1.807) is 82.0 Å². The third kappa shape index (κ3) is 17.6. The average molecular weight is 1580 g/mol. The van der Waals surface area contributed by atoms with Gasteiger partial charge in [-0.2, -0.15) is 0 Å². The molecule has 3 aliphatic carbocycles. The number of nitrogens with one attached hydrogen (secondary N) is 3. The molecule has 0 radical (unpaired) electrons. The molecule has 15 rings (SSSR count). The summed E-state index contributed by atoms with van der Waals surface area (Å²) in [5, 5.41) is 8.98. The smallest absolute Gasteiger partial charge is 0.408 e. The Balaban J connectivity index is 0.000000150. The van der Waals surface area contributed by atoms with Crippen molar-refractivity contribution in [2.45, 2.75) is 158 Å². The molecule has 3 spiro atoms. The maximum Gasteiger partial charge on any atom is 0.408 e. The summed E-state index contributed by atoms with van der Waals surface area (Å²) >= 11 is 22.5. The lowest BCUT2D eigenvalue weighted by Gasteiger charge is -2.43. The van der Waals surface area contributed by atoms with Gasteiger partial charge in [0.05, 0.1) is 49.3 Å². The predicted octanol–water partition coefficient (Wildman–Crippen LogP) is 15.0. The second-order valence-electron chi connectivity index (χ2n) is 30.1. The van der Waals surface area contributed by atoms with Gasteiger partial charge in [-0.1, -0.05) is 143 Å². The van der Waals surface area contributed by atoms with E-state index >= 15 is 0 Å². The van der Waals surface area contributed by atoms with Gasteiger partial charge in [-0.05, 0) is 156 Å². The number of H-pyrrole nitrogens is 1. The number of pyridine rings is 3. The highest BCUT2D eigenvalue weighted by atomic mass is 35.5. The number of hydrogen-bond acceptors (Lipinski definition) is 20. The maximum atomic E-state index is 12.8. The Bertz CT molecular complexity index is 4880. The summed E-state index contributed by atoms with van der Waals surface area (Å²) in [5.41, 5.74) is 12.5. The molecule has 0 unspecified atom stereocenters. The van der Waals surface area contributed by atoms with Crippen LogP contribution >= 0.6 is 82.5 Å². The minimum absolute atomic E-state index is 0. The molecule has 6 aliphatic rings. The van der Waals surface area contributed by atoms with Crippen LogP contribution in [0.1, 0.15) is 132 Å². The number of nitrogens with zero attached hydrogens (tertiary/aromatic N) is 11. The largest absolute Gasteiger partial charge is 0.444 e. The number of fused-ring (bicyclic) bond motifs is 3. The van der Waals surface area contributed by atoms with E-state index in [-0.39, 0.29) is 90.7 Å². The van der Waals surface area contributed by atoms with Crippen molar-refractivity contribution in [3.63, 3.8) is 0 Å². The maximum absolute atomic E-state index is 12.8. The Labute approximate surface area is 655 Å². The van der Waals surface area contributed by atoms with E-state index in [9.17, 15) is 24.0 Å². The highest BCUT2D eigenvalue weighted by molar-refractivity contribution is 7.99. The van der Waals surface area contributed by atoms with Crippen molar-refractivity contribution in [3.8, 4) is 0 Å². The van der Waals surface area contributed by atoms with E-state index in [2.05, 4.69) is 121 Å². The lowest BCUT2D eigenvalue weighted by molar-refractivity contribution is 0.0418. The van der Waals surface area contributed by atoms with Crippen molar-refractivity contribution in [2.24, 2.45) is 36.1 Å². The summed E-state index contributed by atoms with van der Waals surface area (Å²) in [7, 11) is 3.34. The Morgan fingerprint density at radius 3 is 1.18 bits per heavy atom. The second kappa shape index (κ2) is 32.6. The summed E-state index contributed by atoms with van der Waals surface area (Å²) in [6.45, 7) is 16.3. The molecule has 3 aliphatic heterocycles. The molecule has 3 saturated heterocycles. The number of piperidine rings is 3. The molecule has 562 valence electrons. The van der Waals surface area contributed by atoms with Crippen molar-refractivity contribution in [2.75, 3.05) is 54.0 Å². The molecule has 3 fully saturated rings. The first-order valence-electron chi connectivity index (χ1n) is 35.5. The summed E-state index contributed by atoms with van der Waals surface area (Å²) in [6, 6.07) is 30.6. The van der Waals surface area contributed by atoms with Crippen molar-refractivity contribution in [1.82, 2.24) is 54.7 Å². The Morgan fingerprint density at radius 2 is 0.822 bits per heavy atom. The van der Waals surface area contributed by atoms with Crippen LogP contribution in [0, 0.1) is 16.2 Å². The number of halogens is 4. The van der Waals surface area contributed by atoms with E-state index in [0.29, 0.717) is 29.8 Å². The molecule has 2 amide bonds. The fourth-order valence-corrected chi connectivity index (χ4v) is 18.5. The van der Waals surface area contributed by atoms with Gasteiger partial charge >= 0.3 is 12.2 Å². The fraction of sp³-hybridized carbons (Fsp3) is 0.397. The number of ether oxygens (including phenoxy) is 2. The normalized spacial score (nSPS) is 18.6. The number of amides is 2. The van der Waals surface area contributed by atoms with Crippen LogP contribution in [0.5, 0.6) is 0 Å². The first kappa shape index (κ1) is 78.4. The van der Waals surface area contributed by atoms with Crippen LogP contribution in [0.3, 0.4) is 0 Å². The number of aromatic amines is 1. The number of aromatic nitrogens is 9. The van der Waals surface area contributed by atoms with Crippen LogP contribution < -0.4 is 47.7 Å². The van der Waals surface area contributed by atoms with E-state index in [0.717, 1.165) is 115 Å². The van der Waals surface area contributed by atoms with Gasteiger partial charge in [0.1, 0.15) is 58.8 Å². The predicted molar refractivity (Wildman–Crippen MR) is 424 cm³/mol. The monoisotopic (exact) mass is 1580 g/mol. The quantitative estimate of drug-likeness (QED) is 0.0937. The van der Waals surface area contributed by atoms with Crippen LogP contribution in [-0.2, 0) is 42.8 Å². The number of alkyl carbamates (subject to hydrolysis) is 2. The summed E-state index contributed by atoms with van der Waals surface area (Å²) in [4.78, 5) is 100. The Kier molecular flexibility index (Phi) is 23.9. The number of carbonyl (C=O) groups is 2. The highest BCUT2D eigenvalue weighted by Gasteiger charge is 2.51. The molecule has 0 bridgehead atoms. The minimum atomic E-state index is -0.553. The lowest BCUT2D eigenvalue weighted by atomic mass is 9.72. The van der Waals surface area contributed by atoms with E-state index in [4.69, 9.17) is 50.0 Å². The van der Waals surface area contributed by atoms with Crippen molar-refractivity contribution in [1.29, 1.82) is 0 Å². The van der Waals surface area contributed by atoms with Crippen LogP contribution in [0.4, 0.5) is 27.0 Å². The summed E-state index contributed by atoms with van der Waals surface area (Å²) in [6.07, 6.45) is 23.3. The van der Waals surface area contributed by atoms with Crippen molar-refractivity contribution >= 4 is 112 Å². The molecule has 5 N–H and O–H groups in total. The molecule has 29 heteroatoms. The van der Waals surface area contributed by atoms with Crippen LogP contribution in [0.25, 0.3) is 0 Å². The van der Waals surface area contributed by atoms with Gasteiger partial charge in [0.2, 0.25) is 0 Å². The highest BCUT2D eigenvalue weighted by Crippen LogP contribution is 2.55. The molecule has 22 nitrogen and oxygen atoms in total. The van der Waals surface area contributed by atoms with E-state index in [1.807, 2.05) is 59.7 Å². The Hall–Kier alpha value is -8.14. The average Bonchev–Trinajstić information content (AvgIpc) is 1.62. The topological polar surface area (TPSA) is 267 Å². The zero-order valence-electron chi connectivity index (χ0n) is 60.8. The number of hydrogen-bond donors (Lipinski definition) is 4. The first-order chi connectivity index (χ1) is 50.6. The van der Waals surface area contributed by atoms with Gasteiger partial charge in [-0.15, -0.1) is 12.4 Å². The van der Waals surface area contributed by atoms with Gasteiger partial charge < -0.3 is 54.7 Å². The van der Waals surface area contributed by atoms with Gasteiger partial charge in [0.25, 0.3) is 16.7 Å². The second-order valence-corrected chi connectivity index (χ2v) is 34.4. The van der Waals surface area contributed by atoms with Gasteiger partial charge in [-0.3, -0.25) is 14.4 Å². The van der Waals surface area contributed by atoms with Crippen LogP contribution in [0.15, 0.2) is 191 Å². The van der Waals surface area contributed by atoms with Gasteiger partial charge in [0.15, 0.2) is 0 Å². The van der Waals surface area contributed by atoms with Crippen molar-refractivity contribution in [3.05, 3.63) is 226 Å².